The molecule has 4 heteroatoms. The number of carbonyl (C=O) groups is 1. The molecule has 1 aromatic rings. The summed E-state index contributed by atoms with van der Waals surface area (Å²) in [6, 6.07) is 5.21. The van der Waals surface area contributed by atoms with Crippen LogP contribution in [-0.4, -0.2) is 5.91 Å². The predicted octanol–water partition coefficient (Wildman–Crippen LogP) is 4.71. The van der Waals surface area contributed by atoms with Gasteiger partial charge in [0.05, 0.1) is 10.7 Å². The average molecular weight is 309 g/mol. The van der Waals surface area contributed by atoms with Gasteiger partial charge in [0.15, 0.2) is 0 Å². The Morgan fingerprint density at radius 3 is 2.38 bits per heavy atom. The summed E-state index contributed by atoms with van der Waals surface area (Å²) in [7, 11) is 0. The second-order valence-corrected chi connectivity index (χ2v) is 7.55. The summed E-state index contributed by atoms with van der Waals surface area (Å²) < 4.78 is 0. The highest BCUT2D eigenvalue weighted by Gasteiger charge is 2.32. The Morgan fingerprint density at radius 2 is 1.86 bits per heavy atom. The van der Waals surface area contributed by atoms with Gasteiger partial charge in [-0.3, -0.25) is 4.79 Å². The third-order valence-corrected chi connectivity index (χ3v) is 4.93. The molecule has 1 aliphatic rings. The van der Waals surface area contributed by atoms with E-state index in [-0.39, 0.29) is 11.8 Å². The predicted molar refractivity (Wildman–Crippen MR) is 89.4 cm³/mol. The number of nitrogens with one attached hydrogen (secondary N) is 1. The number of hydrogen-bond donors (Lipinski definition) is 2. The van der Waals surface area contributed by atoms with Crippen LogP contribution in [0.5, 0.6) is 0 Å². The number of anilines is 2. The maximum atomic E-state index is 12.3. The molecule has 1 aliphatic carbocycles. The van der Waals surface area contributed by atoms with E-state index in [1.54, 1.807) is 18.2 Å². The highest BCUT2D eigenvalue weighted by Crippen LogP contribution is 2.40. The van der Waals surface area contributed by atoms with Gasteiger partial charge in [0.2, 0.25) is 5.91 Å². The zero-order valence-electron chi connectivity index (χ0n) is 13.1. The lowest BCUT2D eigenvalue weighted by Crippen LogP contribution is -2.31. The maximum absolute atomic E-state index is 12.3. The standard InChI is InChI=1S/C17H25ClN2O/c1-17(2,3)12-6-4-11(5-7-12)16(21)20-13-8-9-14(18)15(19)10-13/h8-12H,4-7,19H2,1-3H3,(H,20,21). The fourth-order valence-electron chi connectivity index (χ4n) is 3.09. The van der Waals surface area contributed by atoms with Gasteiger partial charge in [-0.1, -0.05) is 32.4 Å². The highest BCUT2D eigenvalue weighted by atomic mass is 35.5. The molecule has 2 rings (SSSR count). The van der Waals surface area contributed by atoms with Crippen molar-refractivity contribution in [2.75, 3.05) is 11.1 Å². The Kier molecular flexibility index (Phi) is 4.82. The molecule has 0 saturated heterocycles. The largest absolute Gasteiger partial charge is 0.397 e. The molecule has 0 bridgehead atoms. The Labute approximate surface area is 132 Å². The first-order valence-electron chi connectivity index (χ1n) is 7.63. The fraction of sp³-hybridized carbons (Fsp3) is 0.588. The summed E-state index contributed by atoms with van der Waals surface area (Å²) in [5, 5.41) is 3.47. The minimum Gasteiger partial charge on any atom is -0.397 e. The van der Waals surface area contributed by atoms with Crippen LogP contribution in [0, 0.1) is 17.3 Å². The fourth-order valence-corrected chi connectivity index (χ4v) is 3.21. The van der Waals surface area contributed by atoms with Crippen molar-refractivity contribution in [1.29, 1.82) is 0 Å². The number of benzene rings is 1. The molecule has 21 heavy (non-hydrogen) atoms. The first-order valence-corrected chi connectivity index (χ1v) is 8.01. The minimum atomic E-state index is 0.101. The normalized spacial score (nSPS) is 22.9. The third-order valence-electron chi connectivity index (χ3n) is 4.59. The summed E-state index contributed by atoms with van der Waals surface area (Å²) in [5.41, 5.74) is 7.31. The number of halogens is 1. The van der Waals surface area contributed by atoms with Gasteiger partial charge in [-0.25, -0.2) is 0 Å². The maximum Gasteiger partial charge on any atom is 0.227 e. The Hall–Kier alpha value is -1.22. The van der Waals surface area contributed by atoms with Crippen molar-refractivity contribution < 1.29 is 4.79 Å². The molecular formula is C17H25ClN2O. The van der Waals surface area contributed by atoms with Crippen molar-refractivity contribution in [2.45, 2.75) is 46.5 Å². The lowest BCUT2D eigenvalue weighted by atomic mass is 9.69. The summed E-state index contributed by atoms with van der Waals surface area (Å²) in [6.45, 7) is 6.86. The van der Waals surface area contributed by atoms with Crippen molar-refractivity contribution in [3.8, 4) is 0 Å². The highest BCUT2D eigenvalue weighted by molar-refractivity contribution is 6.33. The van der Waals surface area contributed by atoms with E-state index in [2.05, 4.69) is 26.1 Å². The van der Waals surface area contributed by atoms with Gasteiger partial charge in [-0.2, -0.15) is 0 Å². The van der Waals surface area contributed by atoms with Crippen LogP contribution in [0.1, 0.15) is 46.5 Å². The molecule has 0 heterocycles. The molecule has 0 radical (unpaired) electrons. The minimum absolute atomic E-state index is 0.101. The van der Waals surface area contributed by atoms with E-state index in [0.717, 1.165) is 31.4 Å². The summed E-state index contributed by atoms with van der Waals surface area (Å²) in [6.07, 6.45) is 4.20. The van der Waals surface area contributed by atoms with Crippen molar-refractivity contribution in [3.63, 3.8) is 0 Å². The lowest BCUT2D eigenvalue weighted by molar-refractivity contribution is -0.121. The Bertz CT molecular complexity index is 514. The third kappa shape index (κ3) is 4.13. The van der Waals surface area contributed by atoms with Crippen molar-refractivity contribution in [2.24, 2.45) is 17.3 Å². The van der Waals surface area contributed by atoms with Gasteiger partial charge < -0.3 is 11.1 Å². The van der Waals surface area contributed by atoms with Crippen LogP contribution in [-0.2, 0) is 4.79 Å². The zero-order valence-corrected chi connectivity index (χ0v) is 13.8. The van der Waals surface area contributed by atoms with Crippen LogP contribution >= 0.6 is 11.6 Å². The molecule has 0 spiro atoms. The molecule has 0 atom stereocenters. The average Bonchev–Trinajstić information content (AvgIpc) is 2.42. The van der Waals surface area contributed by atoms with E-state index in [1.807, 2.05) is 0 Å². The molecule has 3 nitrogen and oxygen atoms in total. The van der Waals surface area contributed by atoms with E-state index in [0.29, 0.717) is 22.0 Å². The van der Waals surface area contributed by atoms with Crippen LogP contribution in [0.2, 0.25) is 5.02 Å². The van der Waals surface area contributed by atoms with Gasteiger partial charge in [0, 0.05) is 11.6 Å². The SMILES string of the molecule is CC(C)(C)C1CCC(C(=O)Nc2ccc(Cl)c(N)c2)CC1. The van der Waals surface area contributed by atoms with Crippen molar-refractivity contribution in [3.05, 3.63) is 23.2 Å². The molecule has 116 valence electrons. The van der Waals surface area contributed by atoms with Gasteiger partial charge in [0.1, 0.15) is 0 Å². The summed E-state index contributed by atoms with van der Waals surface area (Å²) >= 11 is 5.89. The number of hydrogen-bond acceptors (Lipinski definition) is 2. The smallest absolute Gasteiger partial charge is 0.227 e. The number of nitrogen functional groups attached to an aromatic ring is 1. The van der Waals surface area contributed by atoms with Crippen molar-refractivity contribution in [1.82, 2.24) is 0 Å². The molecule has 0 aromatic heterocycles. The second kappa shape index (κ2) is 6.27. The van der Waals surface area contributed by atoms with Crippen LogP contribution in [0.25, 0.3) is 0 Å². The van der Waals surface area contributed by atoms with E-state index >= 15 is 0 Å². The summed E-state index contributed by atoms with van der Waals surface area (Å²) in [5.74, 6) is 0.928. The molecule has 0 aliphatic heterocycles. The molecule has 1 aromatic carbocycles. The molecule has 1 fully saturated rings. The number of carbonyl (C=O) groups excluding carboxylic acids is 1. The monoisotopic (exact) mass is 308 g/mol. The quantitative estimate of drug-likeness (QED) is 0.777. The zero-order chi connectivity index (χ0) is 15.6. The topological polar surface area (TPSA) is 55.1 Å². The Balaban J connectivity index is 1.92. The number of amides is 1. The van der Waals surface area contributed by atoms with Crippen LogP contribution < -0.4 is 11.1 Å². The Morgan fingerprint density at radius 1 is 1.24 bits per heavy atom. The van der Waals surface area contributed by atoms with Crippen molar-refractivity contribution >= 4 is 28.9 Å². The molecule has 1 amide bonds. The first kappa shape index (κ1) is 16.2. The second-order valence-electron chi connectivity index (χ2n) is 7.14. The van der Waals surface area contributed by atoms with Gasteiger partial charge in [-0.05, 0) is 55.2 Å². The summed E-state index contributed by atoms with van der Waals surface area (Å²) in [4.78, 5) is 12.3. The van der Waals surface area contributed by atoms with Gasteiger partial charge in [0.25, 0.3) is 0 Å². The molecule has 3 N–H and O–H groups in total. The van der Waals surface area contributed by atoms with Crippen LogP contribution in [0.15, 0.2) is 18.2 Å². The molecular weight excluding hydrogens is 284 g/mol. The van der Waals surface area contributed by atoms with Gasteiger partial charge >= 0.3 is 0 Å². The van der Waals surface area contributed by atoms with Crippen LogP contribution in [0.3, 0.4) is 0 Å². The number of rotatable bonds is 2. The van der Waals surface area contributed by atoms with Gasteiger partial charge in [-0.15, -0.1) is 0 Å². The van der Waals surface area contributed by atoms with E-state index in [1.165, 1.54) is 0 Å². The van der Waals surface area contributed by atoms with Crippen LogP contribution in [0.4, 0.5) is 11.4 Å². The number of nitrogens with two attached hydrogens (primary N) is 1. The molecule has 0 unspecified atom stereocenters. The van der Waals surface area contributed by atoms with E-state index < -0.39 is 0 Å². The molecule has 1 saturated carbocycles. The lowest BCUT2D eigenvalue weighted by Gasteiger charge is -2.36. The first-order chi connectivity index (χ1) is 9.77. The van der Waals surface area contributed by atoms with E-state index in [4.69, 9.17) is 17.3 Å². The van der Waals surface area contributed by atoms with E-state index in [9.17, 15) is 4.79 Å².